The first-order valence-electron chi connectivity index (χ1n) is 10.2. The summed E-state index contributed by atoms with van der Waals surface area (Å²) >= 11 is 1.18. The number of nitrogens with zero attached hydrogens (tertiary/aromatic N) is 1. The molecule has 0 aliphatic carbocycles. The summed E-state index contributed by atoms with van der Waals surface area (Å²) in [7, 11) is 0. The maximum Gasteiger partial charge on any atom is 0.264 e. The molecular weight excluding hydrogens is 401 g/mol. The Hall–Kier alpha value is -2.25. The van der Waals surface area contributed by atoms with Gasteiger partial charge >= 0.3 is 0 Å². The average Bonchev–Trinajstić information content (AvgIpc) is 2.73. The fourth-order valence-electron chi connectivity index (χ4n) is 4.49. The number of benzene rings is 2. The topological polar surface area (TPSA) is 53.6 Å². The predicted octanol–water partition coefficient (Wildman–Crippen LogP) is 4.41. The molecular formula is C23H28FN3O2S. The molecule has 0 radical (unpaired) electrons. The Bertz CT molecular complexity index is 944. The monoisotopic (exact) mass is 429 g/mol. The van der Waals surface area contributed by atoms with E-state index in [2.05, 4.69) is 53.1 Å². The molecule has 0 bridgehead atoms. The van der Waals surface area contributed by atoms with E-state index in [9.17, 15) is 9.18 Å². The van der Waals surface area contributed by atoms with Gasteiger partial charge in [-0.15, -0.1) is 0 Å². The lowest BCUT2D eigenvalue weighted by molar-refractivity contribution is 0.0978. The van der Waals surface area contributed by atoms with Gasteiger partial charge in [0.15, 0.2) is 0 Å². The predicted molar refractivity (Wildman–Crippen MR) is 121 cm³/mol. The van der Waals surface area contributed by atoms with Gasteiger partial charge in [-0.3, -0.25) is 9.52 Å². The number of carbonyl (C=O) groups excluding carboxylic acids is 1. The molecule has 2 N–H and O–H groups in total. The van der Waals surface area contributed by atoms with Crippen LogP contribution in [0, 0.1) is 11.2 Å². The number of rotatable bonds is 4. The number of hydrogen-bond acceptors (Lipinski definition) is 5. The number of fused-ring (bicyclic) bond motifs is 1. The fourth-order valence-corrected chi connectivity index (χ4v) is 4.78. The molecule has 0 aromatic heterocycles. The number of amides is 1. The first-order chi connectivity index (χ1) is 14.4. The van der Waals surface area contributed by atoms with Crippen molar-refractivity contribution in [2.24, 2.45) is 5.41 Å². The van der Waals surface area contributed by atoms with Gasteiger partial charge in [-0.05, 0) is 47.2 Å². The van der Waals surface area contributed by atoms with Gasteiger partial charge in [-0.1, -0.05) is 37.9 Å². The number of carbonyl (C=O) groups is 1. The molecule has 2 aliphatic rings. The van der Waals surface area contributed by atoms with Gasteiger partial charge in [0.25, 0.3) is 5.91 Å². The van der Waals surface area contributed by atoms with Gasteiger partial charge in [0.1, 0.15) is 5.82 Å². The van der Waals surface area contributed by atoms with Crippen molar-refractivity contribution in [1.29, 1.82) is 0 Å². The molecule has 1 saturated heterocycles. The summed E-state index contributed by atoms with van der Waals surface area (Å²) in [6, 6.07) is 11.8. The third-order valence-electron chi connectivity index (χ3n) is 5.98. The average molecular weight is 430 g/mol. The maximum absolute atomic E-state index is 14.6. The molecule has 1 unspecified atom stereocenters. The van der Waals surface area contributed by atoms with Crippen LogP contribution in [0.25, 0.3) is 0 Å². The van der Waals surface area contributed by atoms with E-state index in [-0.39, 0.29) is 22.9 Å². The van der Waals surface area contributed by atoms with Crippen molar-refractivity contribution < 1.29 is 13.9 Å². The Morgan fingerprint density at radius 1 is 1.27 bits per heavy atom. The van der Waals surface area contributed by atoms with Gasteiger partial charge < -0.3 is 15.0 Å². The summed E-state index contributed by atoms with van der Waals surface area (Å²) in [5.41, 5.74) is 3.88. The minimum atomic E-state index is -0.481. The molecule has 4 rings (SSSR count). The number of ether oxygens (including phenoxy) is 1. The molecule has 1 amide bonds. The Labute approximate surface area is 181 Å². The minimum absolute atomic E-state index is 0.0490. The number of halogens is 1. The zero-order chi connectivity index (χ0) is 21.3. The molecule has 7 heteroatoms. The summed E-state index contributed by atoms with van der Waals surface area (Å²) in [6.45, 7) is 7.60. The fraction of sp³-hybridized carbons (Fsp3) is 0.435. The van der Waals surface area contributed by atoms with Crippen molar-refractivity contribution in [1.82, 2.24) is 4.72 Å². The van der Waals surface area contributed by atoms with Crippen LogP contribution in [-0.4, -0.2) is 38.5 Å². The highest BCUT2D eigenvalue weighted by Crippen LogP contribution is 2.46. The molecule has 2 aliphatic heterocycles. The van der Waals surface area contributed by atoms with Crippen molar-refractivity contribution in [2.45, 2.75) is 26.3 Å². The van der Waals surface area contributed by atoms with Crippen LogP contribution in [0.15, 0.2) is 36.4 Å². The SMILES string of the molecule is CSNC(=O)c1c(F)ccc2c1CC(C)(C)C(c1cccc(N3CCOCC3)c1)N2. The van der Waals surface area contributed by atoms with Crippen LogP contribution in [0.5, 0.6) is 0 Å². The van der Waals surface area contributed by atoms with Crippen molar-refractivity contribution in [3.8, 4) is 0 Å². The smallest absolute Gasteiger partial charge is 0.264 e. The number of anilines is 2. The molecule has 1 fully saturated rings. The van der Waals surface area contributed by atoms with Gasteiger partial charge in [-0.25, -0.2) is 4.39 Å². The summed E-state index contributed by atoms with van der Waals surface area (Å²) in [6.07, 6.45) is 2.36. The second-order valence-electron chi connectivity index (χ2n) is 8.52. The lowest BCUT2D eigenvalue weighted by Gasteiger charge is -2.42. The largest absolute Gasteiger partial charge is 0.378 e. The van der Waals surface area contributed by atoms with Crippen molar-refractivity contribution >= 4 is 29.2 Å². The van der Waals surface area contributed by atoms with Crippen LogP contribution in [0.4, 0.5) is 15.8 Å². The van der Waals surface area contributed by atoms with Gasteiger partial charge in [-0.2, -0.15) is 0 Å². The molecule has 160 valence electrons. The Balaban J connectivity index is 1.68. The van der Waals surface area contributed by atoms with Crippen LogP contribution in [0.1, 0.15) is 41.4 Å². The molecule has 2 aromatic rings. The van der Waals surface area contributed by atoms with Crippen LogP contribution in [0.3, 0.4) is 0 Å². The van der Waals surface area contributed by atoms with E-state index in [1.54, 1.807) is 12.3 Å². The lowest BCUT2D eigenvalue weighted by atomic mass is 9.72. The summed E-state index contributed by atoms with van der Waals surface area (Å²) in [4.78, 5) is 14.8. The van der Waals surface area contributed by atoms with Crippen LogP contribution >= 0.6 is 11.9 Å². The zero-order valence-corrected chi connectivity index (χ0v) is 18.4. The normalized spacial score (nSPS) is 20.3. The molecule has 0 spiro atoms. The standard InChI is InChI=1S/C23H28FN3O2S/c1-23(2)14-17-19(8-7-18(24)20(17)22(28)26-30-3)25-21(23)15-5-4-6-16(13-15)27-9-11-29-12-10-27/h4-8,13,21,25H,9-12,14H2,1-3H3,(H,26,28). The van der Waals surface area contributed by atoms with E-state index in [0.29, 0.717) is 6.42 Å². The van der Waals surface area contributed by atoms with E-state index < -0.39 is 5.82 Å². The molecule has 2 aromatic carbocycles. The van der Waals surface area contributed by atoms with Crippen molar-refractivity contribution in [3.05, 3.63) is 58.9 Å². The Morgan fingerprint density at radius 2 is 2.03 bits per heavy atom. The molecule has 5 nitrogen and oxygen atoms in total. The second kappa shape index (κ2) is 8.47. The van der Waals surface area contributed by atoms with E-state index in [0.717, 1.165) is 37.6 Å². The van der Waals surface area contributed by atoms with Crippen molar-refractivity contribution in [2.75, 3.05) is 42.8 Å². The van der Waals surface area contributed by atoms with Crippen LogP contribution < -0.4 is 14.9 Å². The minimum Gasteiger partial charge on any atom is -0.378 e. The third-order valence-corrected chi connectivity index (χ3v) is 6.37. The van der Waals surface area contributed by atoms with Crippen molar-refractivity contribution in [3.63, 3.8) is 0 Å². The van der Waals surface area contributed by atoms with E-state index in [1.165, 1.54) is 29.3 Å². The molecule has 1 atom stereocenters. The highest BCUT2D eigenvalue weighted by molar-refractivity contribution is 7.97. The van der Waals surface area contributed by atoms with Gasteiger partial charge in [0.2, 0.25) is 0 Å². The van der Waals surface area contributed by atoms with Gasteiger partial charge in [0.05, 0.1) is 24.8 Å². The molecule has 0 saturated carbocycles. The van der Waals surface area contributed by atoms with Gasteiger partial charge in [0, 0.05) is 30.7 Å². The second-order valence-corrected chi connectivity index (χ2v) is 9.13. The molecule has 30 heavy (non-hydrogen) atoms. The highest BCUT2D eigenvalue weighted by atomic mass is 32.2. The van der Waals surface area contributed by atoms with E-state index in [4.69, 9.17) is 4.74 Å². The summed E-state index contributed by atoms with van der Waals surface area (Å²) < 4.78 is 22.7. The van der Waals surface area contributed by atoms with Crippen LogP contribution in [0.2, 0.25) is 0 Å². The lowest BCUT2D eigenvalue weighted by Crippen LogP contribution is -2.38. The number of hydrogen-bond donors (Lipinski definition) is 2. The Kier molecular flexibility index (Phi) is 5.93. The van der Waals surface area contributed by atoms with E-state index >= 15 is 0 Å². The summed E-state index contributed by atoms with van der Waals surface area (Å²) in [5.74, 6) is -0.868. The quantitative estimate of drug-likeness (QED) is 0.706. The number of morpholine rings is 1. The maximum atomic E-state index is 14.6. The third kappa shape index (κ3) is 4.01. The first kappa shape index (κ1) is 21.0. The Morgan fingerprint density at radius 3 is 2.77 bits per heavy atom. The zero-order valence-electron chi connectivity index (χ0n) is 17.6. The molecule has 2 heterocycles. The van der Waals surface area contributed by atoms with Crippen LogP contribution in [-0.2, 0) is 11.2 Å². The summed E-state index contributed by atoms with van der Waals surface area (Å²) in [5, 5.41) is 3.60. The highest BCUT2D eigenvalue weighted by Gasteiger charge is 2.38. The van der Waals surface area contributed by atoms with E-state index in [1.807, 2.05) is 0 Å². The number of nitrogens with one attached hydrogen (secondary N) is 2. The first-order valence-corrected chi connectivity index (χ1v) is 11.5.